The van der Waals surface area contributed by atoms with Gasteiger partial charge in [0.25, 0.3) is 0 Å². The molecule has 8 heteroatoms. The lowest BCUT2D eigenvalue weighted by Crippen LogP contribution is -2.06. The molecule has 0 spiro atoms. The van der Waals surface area contributed by atoms with Crippen LogP contribution in [0.2, 0.25) is 10.0 Å². The highest BCUT2D eigenvalue weighted by atomic mass is 35.5. The highest BCUT2D eigenvalue weighted by Gasteiger charge is 2.14. The van der Waals surface area contributed by atoms with Gasteiger partial charge in [-0.15, -0.1) is 0 Å². The summed E-state index contributed by atoms with van der Waals surface area (Å²) < 4.78 is 11.9. The molecule has 114 valence electrons. The fourth-order valence-corrected chi connectivity index (χ4v) is 2.45. The zero-order valence-electron chi connectivity index (χ0n) is 11.5. The smallest absolute Gasteiger partial charge is 0.360 e. The number of ether oxygens (including phenoxy) is 1. The fraction of sp³-hybridized carbons (Fsp3) is 0.214. The number of nitrogens with zero attached hydrogens (tertiary/aromatic N) is 3. The van der Waals surface area contributed by atoms with E-state index in [2.05, 4.69) is 9.97 Å². The van der Waals surface area contributed by atoms with Crippen LogP contribution in [-0.2, 0) is 17.8 Å². The minimum absolute atomic E-state index is 0.00276. The van der Waals surface area contributed by atoms with E-state index in [-0.39, 0.29) is 12.3 Å². The summed E-state index contributed by atoms with van der Waals surface area (Å²) in [7, 11) is 0. The lowest BCUT2D eigenvalue weighted by Gasteiger charge is -1.98. The maximum Gasteiger partial charge on any atom is 0.360 e. The average Bonchev–Trinajstić information content (AvgIpc) is 3.11. The van der Waals surface area contributed by atoms with Crippen molar-refractivity contribution in [3.05, 3.63) is 52.0 Å². The molecule has 3 heterocycles. The SMILES string of the molecule is CCc1nc(C(=O)OCc2cn3cc(Cl)cc(Cl)c3n2)co1. The molecule has 0 saturated heterocycles. The van der Waals surface area contributed by atoms with E-state index in [4.69, 9.17) is 32.4 Å². The number of oxazole rings is 1. The van der Waals surface area contributed by atoms with Crippen LogP contribution in [0.4, 0.5) is 0 Å². The maximum absolute atomic E-state index is 11.9. The normalized spacial score (nSPS) is 11.0. The summed E-state index contributed by atoms with van der Waals surface area (Å²) >= 11 is 12.0. The molecule has 0 radical (unpaired) electrons. The molecule has 6 nitrogen and oxygen atoms in total. The van der Waals surface area contributed by atoms with Crippen LogP contribution < -0.4 is 0 Å². The summed E-state index contributed by atoms with van der Waals surface area (Å²) in [4.78, 5) is 20.2. The van der Waals surface area contributed by atoms with E-state index in [1.54, 1.807) is 22.9 Å². The molecule has 3 rings (SSSR count). The van der Waals surface area contributed by atoms with Gasteiger partial charge in [-0.05, 0) is 6.07 Å². The molecule has 0 N–H and O–H groups in total. The number of halogens is 2. The van der Waals surface area contributed by atoms with Crippen LogP contribution in [0.5, 0.6) is 0 Å². The van der Waals surface area contributed by atoms with E-state index in [0.717, 1.165) is 0 Å². The molecule has 0 bridgehead atoms. The lowest BCUT2D eigenvalue weighted by atomic mass is 10.4. The van der Waals surface area contributed by atoms with Gasteiger partial charge in [-0.1, -0.05) is 30.1 Å². The Kier molecular flexibility index (Phi) is 4.04. The summed E-state index contributed by atoms with van der Waals surface area (Å²) in [6, 6.07) is 1.60. The van der Waals surface area contributed by atoms with Gasteiger partial charge in [-0.25, -0.2) is 14.8 Å². The zero-order valence-corrected chi connectivity index (χ0v) is 13.1. The molecule has 0 aromatic carbocycles. The molecule has 0 amide bonds. The number of imidazole rings is 1. The fourth-order valence-electron chi connectivity index (χ4n) is 1.93. The second-order valence-corrected chi connectivity index (χ2v) is 5.37. The topological polar surface area (TPSA) is 69.6 Å². The Morgan fingerprint density at radius 3 is 2.91 bits per heavy atom. The zero-order chi connectivity index (χ0) is 15.7. The van der Waals surface area contributed by atoms with Crippen LogP contribution in [0.15, 0.2) is 29.1 Å². The molecule has 0 saturated carbocycles. The van der Waals surface area contributed by atoms with Gasteiger partial charge >= 0.3 is 5.97 Å². The highest BCUT2D eigenvalue weighted by Crippen LogP contribution is 2.22. The number of carbonyl (C=O) groups excluding carboxylic acids is 1. The van der Waals surface area contributed by atoms with Crippen LogP contribution in [0.3, 0.4) is 0 Å². The van der Waals surface area contributed by atoms with Gasteiger partial charge in [0, 0.05) is 18.8 Å². The van der Waals surface area contributed by atoms with Gasteiger partial charge in [0.05, 0.1) is 15.7 Å². The third kappa shape index (κ3) is 2.93. The van der Waals surface area contributed by atoms with Crippen molar-refractivity contribution in [3.8, 4) is 0 Å². The quantitative estimate of drug-likeness (QED) is 0.680. The van der Waals surface area contributed by atoms with E-state index in [1.807, 2.05) is 6.92 Å². The number of rotatable bonds is 4. The minimum Gasteiger partial charge on any atom is -0.454 e. The van der Waals surface area contributed by atoms with Crippen LogP contribution in [0.25, 0.3) is 5.65 Å². The van der Waals surface area contributed by atoms with Crippen molar-refractivity contribution in [2.45, 2.75) is 20.0 Å². The van der Waals surface area contributed by atoms with Gasteiger partial charge in [-0.3, -0.25) is 0 Å². The van der Waals surface area contributed by atoms with Gasteiger partial charge in [0.1, 0.15) is 12.9 Å². The predicted octanol–water partition coefficient (Wildman–Crippen LogP) is 3.55. The molecule has 0 fully saturated rings. The molecule has 0 unspecified atom stereocenters. The van der Waals surface area contributed by atoms with E-state index in [9.17, 15) is 4.79 Å². The number of hydrogen-bond donors (Lipinski definition) is 0. The third-order valence-electron chi connectivity index (χ3n) is 2.94. The first-order valence-electron chi connectivity index (χ1n) is 6.51. The van der Waals surface area contributed by atoms with E-state index >= 15 is 0 Å². The number of hydrogen-bond acceptors (Lipinski definition) is 5. The minimum atomic E-state index is -0.565. The number of aromatic nitrogens is 3. The Morgan fingerprint density at radius 2 is 2.18 bits per heavy atom. The van der Waals surface area contributed by atoms with Gasteiger partial charge in [0.15, 0.2) is 17.2 Å². The monoisotopic (exact) mass is 339 g/mol. The van der Waals surface area contributed by atoms with Crippen molar-refractivity contribution < 1.29 is 13.9 Å². The molecular weight excluding hydrogens is 329 g/mol. The van der Waals surface area contributed by atoms with Crippen molar-refractivity contribution in [1.29, 1.82) is 0 Å². The summed E-state index contributed by atoms with van der Waals surface area (Å²) in [6.07, 6.45) is 5.26. The second kappa shape index (κ2) is 5.98. The van der Waals surface area contributed by atoms with Crippen LogP contribution in [0, 0.1) is 0 Å². The second-order valence-electron chi connectivity index (χ2n) is 4.53. The molecule has 3 aromatic rings. The van der Waals surface area contributed by atoms with Gasteiger partial charge in [-0.2, -0.15) is 0 Å². The summed E-state index contributed by atoms with van der Waals surface area (Å²) in [5.74, 6) is -0.0780. The Labute approximate surface area is 135 Å². The van der Waals surface area contributed by atoms with Crippen molar-refractivity contribution in [2.24, 2.45) is 0 Å². The summed E-state index contributed by atoms with van der Waals surface area (Å²) in [5, 5.41) is 0.919. The van der Waals surface area contributed by atoms with E-state index in [1.165, 1.54) is 6.26 Å². The first kappa shape index (κ1) is 14.9. The lowest BCUT2D eigenvalue weighted by molar-refractivity contribution is 0.0461. The van der Waals surface area contributed by atoms with Crippen molar-refractivity contribution >= 4 is 34.8 Å². The molecular formula is C14H11Cl2N3O3. The molecule has 0 aliphatic rings. The number of fused-ring (bicyclic) bond motifs is 1. The Bertz CT molecular complexity index is 841. The number of carbonyl (C=O) groups is 1. The average molecular weight is 340 g/mol. The summed E-state index contributed by atoms with van der Waals surface area (Å²) in [6.45, 7) is 1.88. The van der Waals surface area contributed by atoms with Crippen molar-refractivity contribution in [1.82, 2.24) is 14.4 Å². The maximum atomic E-state index is 11.9. The first-order chi connectivity index (χ1) is 10.6. The van der Waals surface area contributed by atoms with E-state index in [0.29, 0.717) is 33.7 Å². The van der Waals surface area contributed by atoms with Crippen LogP contribution in [-0.4, -0.2) is 20.3 Å². The Balaban J connectivity index is 1.73. The molecule has 3 aromatic heterocycles. The Morgan fingerprint density at radius 1 is 1.36 bits per heavy atom. The van der Waals surface area contributed by atoms with Crippen molar-refractivity contribution in [3.63, 3.8) is 0 Å². The molecule has 22 heavy (non-hydrogen) atoms. The van der Waals surface area contributed by atoms with Crippen LogP contribution >= 0.6 is 23.2 Å². The van der Waals surface area contributed by atoms with Crippen LogP contribution in [0.1, 0.15) is 29.0 Å². The number of pyridine rings is 1. The molecule has 0 aliphatic carbocycles. The largest absolute Gasteiger partial charge is 0.454 e. The number of aryl methyl sites for hydroxylation is 1. The molecule has 0 atom stereocenters. The third-order valence-corrected chi connectivity index (χ3v) is 3.42. The Hall–Kier alpha value is -2.05. The summed E-state index contributed by atoms with van der Waals surface area (Å²) in [5.41, 5.74) is 1.24. The standard InChI is InChI=1S/C14H11Cl2N3O3/c1-2-12-18-11(7-21-12)14(20)22-6-9-5-19-4-8(15)3-10(16)13(19)17-9/h3-5,7H,2,6H2,1H3. The van der Waals surface area contributed by atoms with E-state index < -0.39 is 5.97 Å². The highest BCUT2D eigenvalue weighted by molar-refractivity contribution is 6.36. The molecule has 0 aliphatic heterocycles. The van der Waals surface area contributed by atoms with Crippen molar-refractivity contribution in [2.75, 3.05) is 0 Å². The van der Waals surface area contributed by atoms with Gasteiger partial charge < -0.3 is 13.6 Å². The number of esters is 1. The first-order valence-corrected chi connectivity index (χ1v) is 7.26. The van der Waals surface area contributed by atoms with Gasteiger partial charge in [0.2, 0.25) is 0 Å². The predicted molar refractivity (Wildman–Crippen MR) is 80.2 cm³/mol.